The lowest BCUT2D eigenvalue weighted by Crippen LogP contribution is -2.05. The molecule has 0 aliphatic heterocycles. The fourth-order valence-electron chi connectivity index (χ4n) is 1.72. The summed E-state index contributed by atoms with van der Waals surface area (Å²) in [4.78, 5) is 0. The summed E-state index contributed by atoms with van der Waals surface area (Å²) in [7, 11) is 0. The van der Waals surface area contributed by atoms with Gasteiger partial charge in [0.1, 0.15) is 11.6 Å². The fraction of sp³-hybridized carbons (Fsp3) is 0.143. The van der Waals surface area contributed by atoms with Crippen LogP contribution in [0.2, 0.25) is 5.02 Å². The molecule has 0 saturated heterocycles. The lowest BCUT2D eigenvalue weighted by atomic mass is 10.0. The van der Waals surface area contributed by atoms with E-state index in [0.29, 0.717) is 10.6 Å². The van der Waals surface area contributed by atoms with Gasteiger partial charge in [0.15, 0.2) is 0 Å². The first kappa shape index (κ1) is 13.0. The smallest absolute Gasteiger partial charge is 0.129 e. The zero-order valence-electron chi connectivity index (χ0n) is 9.41. The average molecular weight is 269 g/mol. The standard InChI is InChI=1S/C14H11ClF2O/c15-10-6-4-9(5-7-10)14(18)8-11-12(16)2-1-3-13(11)17/h1-7,14,18H,8H2. The first-order valence-electron chi connectivity index (χ1n) is 5.44. The summed E-state index contributed by atoms with van der Waals surface area (Å²) in [6.07, 6.45) is -1.08. The second kappa shape index (κ2) is 5.46. The molecule has 18 heavy (non-hydrogen) atoms. The first-order chi connectivity index (χ1) is 8.58. The summed E-state index contributed by atoms with van der Waals surface area (Å²) in [6.45, 7) is 0. The van der Waals surface area contributed by atoms with Crippen molar-refractivity contribution in [3.63, 3.8) is 0 Å². The van der Waals surface area contributed by atoms with Gasteiger partial charge in [-0.2, -0.15) is 0 Å². The Kier molecular flexibility index (Phi) is 3.94. The van der Waals surface area contributed by atoms with Crippen molar-refractivity contribution in [3.8, 4) is 0 Å². The Morgan fingerprint density at radius 2 is 1.56 bits per heavy atom. The highest BCUT2D eigenvalue weighted by molar-refractivity contribution is 6.30. The van der Waals surface area contributed by atoms with Crippen molar-refractivity contribution >= 4 is 11.6 Å². The van der Waals surface area contributed by atoms with Crippen LogP contribution in [-0.4, -0.2) is 5.11 Å². The Morgan fingerprint density at radius 1 is 1.00 bits per heavy atom. The Morgan fingerprint density at radius 3 is 2.11 bits per heavy atom. The molecule has 0 spiro atoms. The molecule has 0 aromatic heterocycles. The van der Waals surface area contributed by atoms with E-state index in [0.717, 1.165) is 0 Å². The third-order valence-electron chi connectivity index (χ3n) is 2.71. The lowest BCUT2D eigenvalue weighted by molar-refractivity contribution is 0.175. The number of rotatable bonds is 3. The number of aliphatic hydroxyl groups is 1. The average Bonchev–Trinajstić information content (AvgIpc) is 2.34. The van der Waals surface area contributed by atoms with E-state index in [4.69, 9.17) is 11.6 Å². The van der Waals surface area contributed by atoms with E-state index in [2.05, 4.69) is 0 Å². The van der Waals surface area contributed by atoms with Crippen LogP contribution in [0.3, 0.4) is 0 Å². The van der Waals surface area contributed by atoms with Gasteiger partial charge in [0.25, 0.3) is 0 Å². The SMILES string of the molecule is OC(Cc1c(F)cccc1F)c1ccc(Cl)cc1. The molecule has 0 fully saturated rings. The molecule has 0 bridgehead atoms. The molecule has 94 valence electrons. The highest BCUT2D eigenvalue weighted by Gasteiger charge is 2.15. The molecule has 0 radical (unpaired) electrons. The minimum absolute atomic E-state index is 0.111. The Bertz CT molecular complexity index is 520. The molecule has 2 aromatic carbocycles. The van der Waals surface area contributed by atoms with Crippen LogP contribution in [0.15, 0.2) is 42.5 Å². The quantitative estimate of drug-likeness (QED) is 0.895. The van der Waals surface area contributed by atoms with E-state index in [9.17, 15) is 13.9 Å². The molecule has 1 atom stereocenters. The summed E-state index contributed by atoms with van der Waals surface area (Å²) >= 11 is 5.73. The topological polar surface area (TPSA) is 20.2 Å². The van der Waals surface area contributed by atoms with Crippen LogP contribution in [0, 0.1) is 11.6 Å². The van der Waals surface area contributed by atoms with Gasteiger partial charge in [-0.1, -0.05) is 29.8 Å². The number of hydrogen-bond acceptors (Lipinski definition) is 1. The number of aliphatic hydroxyl groups excluding tert-OH is 1. The van der Waals surface area contributed by atoms with Crippen LogP contribution in [0.5, 0.6) is 0 Å². The van der Waals surface area contributed by atoms with Crippen molar-refractivity contribution in [2.75, 3.05) is 0 Å². The van der Waals surface area contributed by atoms with Gasteiger partial charge in [0, 0.05) is 17.0 Å². The predicted octanol–water partition coefficient (Wildman–Crippen LogP) is 3.89. The first-order valence-corrected chi connectivity index (χ1v) is 5.82. The third-order valence-corrected chi connectivity index (χ3v) is 2.97. The summed E-state index contributed by atoms with van der Waals surface area (Å²) in [6, 6.07) is 10.1. The number of halogens is 3. The second-order valence-electron chi connectivity index (χ2n) is 3.97. The number of benzene rings is 2. The largest absolute Gasteiger partial charge is 0.388 e. The molecular weight excluding hydrogens is 258 g/mol. The predicted molar refractivity (Wildman–Crippen MR) is 66.5 cm³/mol. The molecular formula is C14H11ClF2O. The maximum Gasteiger partial charge on any atom is 0.129 e. The van der Waals surface area contributed by atoms with E-state index in [-0.39, 0.29) is 12.0 Å². The fourth-order valence-corrected chi connectivity index (χ4v) is 1.85. The molecule has 0 amide bonds. The molecule has 1 unspecified atom stereocenters. The molecule has 0 aliphatic carbocycles. The van der Waals surface area contributed by atoms with Gasteiger partial charge in [-0.05, 0) is 29.8 Å². The summed E-state index contributed by atoms with van der Waals surface area (Å²) in [5, 5.41) is 10.5. The van der Waals surface area contributed by atoms with Crippen LogP contribution >= 0.6 is 11.6 Å². The Balaban J connectivity index is 2.21. The van der Waals surface area contributed by atoms with Gasteiger partial charge in [0.2, 0.25) is 0 Å². The monoisotopic (exact) mass is 268 g/mol. The van der Waals surface area contributed by atoms with Gasteiger partial charge < -0.3 is 5.11 Å². The van der Waals surface area contributed by atoms with E-state index in [1.165, 1.54) is 18.2 Å². The van der Waals surface area contributed by atoms with E-state index in [1.54, 1.807) is 24.3 Å². The molecule has 2 aromatic rings. The van der Waals surface area contributed by atoms with Crippen molar-refractivity contribution in [1.29, 1.82) is 0 Å². The van der Waals surface area contributed by atoms with Crippen molar-refractivity contribution in [2.45, 2.75) is 12.5 Å². The molecule has 2 rings (SSSR count). The zero-order valence-corrected chi connectivity index (χ0v) is 10.2. The maximum absolute atomic E-state index is 13.4. The summed E-state index contributed by atoms with van der Waals surface area (Å²) < 4.78 is 26.8. The van der Waals surface area contributed by atoms with Crippen LogP contribution in [0.4, 0.5) is 8.78 Å². The van der Waals surface area contributed by atoms with Gasteiger partial charge in [0.05, 0.1) is 6.10 Å². The molecule has 1 nitrogen and oxygen atoms in total. The van der Waals surface area contributed by atoms with Crippen LogP contribution in [0.1, 0.15) is 17.2 Å². The normalized spacial score (nSPS) is 12.4. The van der Waals surface area contributed by atoms with Crippen molar-refractivity contribution in [1.82, 2.24) is 0 Å². The van der Waals surface area contributed by atoms with Crippen LogP contribution < -0.4 is 0 Å². The Hall–Kier alpha value is -1.45. The molecule has 0 aliphatic rings. The third kappa shape index (κ3) is 2.86. The second-order valence-corrected chi connectivity index (χ2v) is 4.41. The summed E-state index contributed by atoms with van der Waals surface area (Å²) in [5.74, 6) is -1.30. The van der Waals surface area contributed by atoms with Gasteiger partial charge in [-0.25, -0.2) is 8.78 Å². The lowest BCUT2D eigenvalue weighted by Gasteiger charge is -2.12. The van der Waals surface area contributed by atoms with Crippen LogP contribution in [0.25, 0.3) is 0 Å². The minimum Gasteiger partial charge on any atom is -0.388 e. The van der Waals surface area contributed by atoms with Crippen LogP contribution in [-0.2, 0) is 6.42 Å². The van der Waals surface area contributed by atoms with Gasteiger partial charge in [-0.3, -0.25) is 0 Å². The van der Waals surface area contributed by atoms with E-state index in [1.807, 2.05) is 0 Å². The van der Waals surface area contributed by atoms with Crippen molar-refractivity contribution in [3.05, 3.63) is 70.2 Å². The molecule has 0 heterocycles. The Labute approximate surface area is 109 Å². The molecule has 4 heteroatoms. The number of hydrogen-bond donors (Lipinski definition) is 1. The summed E-state index contributed by atoms with van der Waals surface area (Å²) in [5.41, 5.74) is 0.460. The van der Waals surface area contributed by atoms with Gasteiger partial charge in [-0.15, -0.1) is 0 Å². The zero-order chi connectivity index (χ0) is 13.1. The maximum atomic E-state index is 13.4. The van der Waals surface area contributed by atoms with E-state index >= 15 is 0 Å². The molecule has 1 N–H and O–H groups in total. The minimum atomic E-state index is -0.964. The van der Waals surface area contributed by atoms with E-state index < -0.39 is 17.7 Å². The molecule has 0 saturated carbocycles. The highest BCUT2D eigenvalue weighted by atomic mass is 35.5. The van der Waals surface area contributed by atoms with Crippen molar-refractivity contribution < 1.29 is 13.9 Å². The van der Waals surface area contributed by atoms with Gasteiger partial charge >= 0.3 is 0 Å². The highest BCUT2D eigenvalue weighted by Crippen LogP contribution is 2.23. The van der Waals surface area contributed by atoms with Crippen molar-refractivity contribution in [2.24, 2.45) is 0 Å².